The van der Waals surface area contributed by atoms with E-state index in [1.54, 1.807) is 11.3 Å². The Morgan fingerprint density at radius 1 is 0.700 bits per heavy atom. The maximum atomic E-state index is 11.7. The van der Waals surface area contributed by atoms with Gasteiger partial charge in [-0.15, -0.1) is 11.3 Å². The van der Waals surface area contributed by atoms with Gasteiger partial charge in [-0.2, -0.15) is 0 Å². The van der Waals surface area contributed by atoms with Crippen molar-refractivity contribution in [3.63, 3.8) is 0 Å². The van der Waals surface area contributed by atoms with Crippen LogP contribution in [0.5, 0.6) is 5.75 Å². The minimum absolute atomic E-state index is 0.0860. The van der Waals surface area contributed by atoms with Gasteiger partial charge in [0, 0.05) is 28.4 Å². The molecule has 0 fully saturated rings. The fraction of sp³-hybridized carbons (Fsp3) is 0.182. The standard InChI is InChI=1S/C44H39N3O2S/c1-43(2,3)28-25-32(41(48)33(26-28)44(4,5)6)42-46-40-30(17-12-21-37(40)50-42)27-14-11-15-29(24-27)47(38-22-9-10-23-45-38)34-18-13-20-36-39(34)31-16-7-8-19-35(31)49-36/h7-26,48H,1-6H3. The highest BCUT2D eigenvalue weighted by Crippen LogP contribution is 2.46. The van der Waals surface area contributed by atoms with Crippen LogP contribution in [0.1, 0.15) is 52.7 Å². The number of phenols is 1. The summed E-state index contributed by atoms with van der Waals surface area (Å²) in [5.74, 6) is 1.11. The molecule has 3 heterocycles. The van der Waals surface area contributed by atoms with Crippen LogP contribution in [0.15, 0.2) is 126 Å². The summed E-state index contributed by atoms with van der Waals surface area (Å²) < 4.78 is 7.35. The third kappa shape index (κ3) is 5.50. The number of phenolic OH excluding ortho intramolecular Hbond substituents is 1. The van der Waals surface area contributed by atoms with Gasteiger partial charge in [0.2, 0.25) is 0 Å². The molecule has 5 nitrogen and oxygen atoms in total. The minimum atomic E-state index is -0.227. The number of hydrogen-bond acceptors (Lipinski definition) is 6. The number of nitrogens with zero attached hydrogens (tertiary/aromatic N) is 3. The number of hydrogen-bond donors (Lipinski definition) is 1. The summed E-state index contributed by atoms with van der Waals surface area (Å²) in [5, 5.41) is 14.6. The topological polar surface area (TPSA) is 62.4 Å². The van der Waals surface area contributed by atoms with Crippen LogP contribution in [0.4, 0.5) is 17.2 Å². The van der Waals surface area contributed by atoms with Gasteiger partial charge in [0.05, 0.1) is 26.9 Å². The lowest BCUT2D eigenvalue weighted by atomic mass is 9.79. The highest BCUT2D eigenvalue weighted by atomic mass is 32.1. The van der Waals surface area contributed by atoms with E-state index in [4.69, 9.17) is 14.4 Å². The van der Waals surface area contributed by atoms with Crippen LogP contribution >= 0.6 is 11.3 Å². The molecule has 0 aliphatic rings. The lowest BCUT2D eigenvalue weighted by Gasteiger charge is -2.27. The molecule has 0 saturated heterocycles. The molecular formula is C44H39N3O2S. The zero-order chi connectivity index (χ0) is 34.8. The predicted molar refractivity (Wildman–Crippen MR) is 209 cm³/mol. The van der Waals surface area contributed by atoms with Crippen molar-refractivity contribution >= 4 is 60.7 Å². The molecule has 8 rings (SSSR count). The quantitative estimate of drug-likeness (QED) is 0.197. The number of aromatic nitrogens is 2. The van der Waals surface area contributed by atoms with Crippen molar-refractivity contribution in [3.8, 4) is 27.4 Å². The number of pyridine rings is 1. The lowest BCUT2D eigenvalue weighted by Crippen LogP contribution is -2.17. The zero-order valence-electron chi connectivity index (χ0n) is 29.2. The van der Waals surface area contributed by atoms with Gasteiger partial charge < -0.3 is 9.52 Å². The van der Waals surface area contributed by atoms with E-state index in [-0.39, 0.29) is 10.8 Å². The molecule has 0 atom stereocenters. The largest absolute Gasteiger partial charge is 0.507 e. The van der Waals surface area contributed by atoms with Crippen LogP contribution in [0.3, 0.4) is 0 Å². The minimum Gasteiger partial charge on any atom is -0.507 e. The van der Waals surface area contributed by atoms with Gasteiger partial charge in [0.1, 0.15) is 27.7 Å². The highest BCUT2D eigenvalue weighted by molar-refractivity contribution is 7.21. The summed E-state index contributed by atoms with van der Waals surface area (Å²) in [6, 6.07) is 39.5. The molecule has 0 aliphatic heterocycles. The summed E-state index contributed by atoms with van der Waals surface area (Å²) in [6.07, 6.45) is 1.83. The number of fused-ring (bicyclic) bond motifs is 4. The molecule has 3 aromatic heterocycles. The number of benzene rings is 5. The molecule has 0 saturated carbocycles. The van der Waals surface area contributed by atoms with Gasteiger partial charge in [-0.3, -0.25) is 4.90 Å². The Hall–Kier alpha value is -5.46. The number of aromatic hydroxyl groups is 1. The molecule has 6 heteroatoms. The smallest absolute Gasteiger partial charge is 0.137 e. The average Bonchev–Trinajstić information content (AvgIpc) is 3.70. The predicted octanol–water partition coefficient (Wildman–Crippen LogP) is 12.7. The van der Waals surface area contributed by atoms with Crippen molar-refractivity contribution in [1.82, 2.24) is 9.97 Å². The number of rotatable bonds is 5. The highest BCUT2D eigenvalue weighted by Gasteiger charge is 2.27. The third-order valence-electron chi connectivity index (χ3n) is 9.35. The third-order valence-corrected chi connectivity index (χ3v) is 10.4. The Labute approximate surface area is 296 Å². The van der Waals surface area contributed by atoms with Gasteiger partial charge in [0.25, 0.3) is 0 Å². The Morgan fingerprint density at radius 3 is 2.24 bits per heavy atom. The van der Waals surface area contributed by atoms with Crippen LogP contribution in [0, 0.1) is 0 Å². The SMILES string of the molecule is CC(C)(C)c1cc(-c2nc3c(-c4cccc(N(c5ccccn5)c5cccc6oc7ccccc7c56)c4)cccc3s2)c(O)c(C(C)(C)C)c1. The molecule has 8 aromatic rings. The Morgan fingerprint density at radius 2 is 1.46 bits per heavy atom. The summed E-state index contributed by atoms with van der Waals surface area (Å²) in [4.78, 5) is 12.3. The molecule has 0 bridgehead atoms. The van der Waals surface area contributed by atoms with Gasteiger partial charge in [-0.1, -0.05) is 102 Å². The molecule has 0 aliphatic carbocycles. The van der Waals surface area contributed by atoms with Crippen LogP contribution in [-0.2, 0) is 10.8 Å². The first-order valence-electron chi connectivity index (χ1n) is 17.0. The first-order valence-corrected chi connectivity index (χ1v) is 17.8. The zero-order valence-corrected chi connectivity index (χ0v) is 30.0. The van der Waals surface area contributed by atoms with E-state index in [1.165, 1.54) is 5.56 Å². The summed E-state index contributed by atoms with van der Waals surface area (Å²) >= 11 is 1.62. The molecule has 50 heavy (non-hydrogen) atoms. The molecule has 5 aromatic carbocycles. The Kier molecular flexibility index (Phi) is 7.53. The molecule has 0 amide bonds. The lowest BCUT2D eigenvalue weighted by molar-refractivity contribution is 0.446. The van der Waals surface area contributed by atoms with Gasteiger partial charge in [-0.05, 0) is 76.6 Å². The molecular weight excluding hydrogens is 635 g/mol. The fourth-order valence-electron chi connectivity index (χ4n) is 6.73. The van der Waals surface area contributed by atoms with E-state index >= 15 is 0 Å². The van der Waals surface area contributed by atoms with Crippen molar-refractivity contribution in [1.29, 1.82) is 0 Å². The summed E-state index contributed by atoms with van der Waals surface area (Å²) in [5.41, 5.74) is 9.20. The Balaban J connectivity index is 1.29. The molecule has 0 unspecified atom stereocenters. The summed E-state index contributed by atoms with van der Waals surface area (Å²) in [7, 11) is 0. The summed E-state index contributed by atoms with van der Waals surface area (Å²) in [6.45, 7) is 13.1. The molecule has 1 N–H and O–H groups in total. The number of anilines is 3. The maximum Gasteiger partial charge on any atom is 0.137 e. The van der Waals surface area contributed by atoms with Crippen molar-refractivity contribution in [2.45, 2.75) is 52.4 Å². The van der Waals surface area contributed by atoms with Crippen LogP contribution in [0.25, 0.3) is 53.9 Å². The maximum absolute atomic E-state index is 11.7. The monoisotopic (exact) mass is 673 g/mol. The van der Waals surface area contributed by atoms with Gasteiger partial charge >= 0.3 is 0 Å². The first-order chi connectivity index (χ1) is 24.0. The second-order valence-electron chi connectivity index (χ2n) is 14.9. The van der Waals surface area contributed by atoms with E-state index in [1.807, 2.05) is 54.7 Å². The van der Waals surface area contributed by atoms with E-state index in [0.29, 0.717) is 5.75 Å². The number of thiazole rings is 1. The molecule has 0 spiro atoms. The van der Waals surface area contributed by atoms with Crippen LogP contribution in [-0.4, -0.2) is 15.1 Å². The molecule has 0 radical (unpaired) electrons. The second-order valence-corrected chi connectivity index (χ2v) is 15.9. The van der Waals surface area contributed by atoms with Crippen molar-refractivity contribution in [2.24, 2.45) is 0 Å². The van der Waals surface area contributed by atoms with E-state index < -0.39 is 0 Å². The normalized spacial score (nSPS) is 12.3. The van der Waals surface area contributed by atoms with Crippen molar-refractivity contribution < 1.29 is 9.52 Å². The van der Waals surface area contributed by atoms with Crippen LogP contribution < -0.4 is 4.90 Å². The first kappa shape index (κ1) is 31.8. The fourth-order valence-corrected chi connectivity index (χ4v) is 7.74. The second kappa shape index (κ2) is 11.9. The van der Waals surface area contributed by atoms with Gasteiger partial charge in [-0.25, -0.2) is 9.97 Å². The van der Waals surface area contributed by atoms with E-state index in [0.717, 1.165) is 76.6 Å². The van der Waals surface area contributed by atoms with Gasteiger partial charge in [0.15, 0.2) is 0 Å². The number of furan rings is 1. The average molecular weight is 674 g/mol. The van der Waals surface area contributed by atoms with Crippen LogP contribution in [0.2, 0.25) is 0 Å². The van der Waals surface area contributed by atoms with E-state index in [2.05, 4.69) is 113 Å². The number of para-hydroxylation sites is 2. The van der Waals surface area contributed by atoms with Crippen molar-refractivity contribution in [2.75, 3.05) is 4.90 Å². The Bertz CT molecular complexity index is 2530. The molecule has 248 valence electrons. The van der Waals surface area contributed by atoms with Crippen molar-refractivity contribution in [3.05, 3.63) is 133 Å². The van der Waals surface area contributed by atoms with E-state index in [9.17, 15) is 5.11 Å².